The van der Waals surface area contributed by atoms with E-state index in [1.165, 1.54) is 0 Å². The molecule has 1 rings (SSSR count). The molecule has 0 unspecified atom stereocenters. The van der Waals surface area contributed by atoms with Gasteiger partial charge in [0.15, 0.2) is 5.82 Å². The summed E-state index contributed by atoms with van der Waals surface area (Å²) in [6.07, 6.45) is 0. The standard InChI is InChI=1S/C10H12F2N2O2/c1-2-16-5-9(15)14-10-7(12)3-6(11)4-8(10)13/h3-4H,2,5,13H2,1H3,(H,14,15). The highest BCUT2D eigenvalue weighted by Gasteiger charge is 2.12. The number of amides is 1. The van der Waals surface area contributed by atoms with Gasteiger partial charge in [-0.25, -0.2) is 8.78 Å². The largest absolute Gasteiger partial charge is 0.397 e. The fraction of sp³-hybridized carbons (Fsp3) is 0.300. The number of hydrogen-bond acceptors (Lipinski definition) is 3. The molecule has 0 heterocycles. The van der Waals surface area contributed by atoms with Crippen LogP contribution in [0.25, 0.3) is 0 Å². The maximum absolute atomic E-state index is 13.2. The van der Waals surface area contributed by atoms with Crippen LogP contribution in [-0.4, -0.2) is 19.1 Å². The summed E-state index contributed by atoms with van der Waals surface area (Å²) in [5.74, 6) is -2.25. The van der Waals surface area contributed by atoms with E-state index in [-0.39, 0.29) is 18.0 Å². The molecule has 1 amide bonds. The third-order valence-electron chi connectivity index (χ3n) is 1.79. The number of rotatable bonds is 4. The lowest BCUT2D eigenvalue weighted by molar-refractivity contribution is -0.120. The minimum atomic E-state index is -0.914. The van der Waals surface area contributed by atoms with Crippen LogP contribution < -0.4 is 11.1 Å². The lowest BCUT2D eigenvalue weighted by Crippen LogP contribution is -2.20. The molecule has 16 heavy (non-hydrogen) atoms. The minimum absolute atomic E-state index is 0.164. The molecule has 0 fully saturated rings. The smallest absolute Gasteiger partial charge is 0.250 e. The van der Waals surface area contributed by atoms with Gasteiger partial charge in [-0.1, -0.05) is 0 Å². The van der Waals surface area contributed by atoms with Crippen LogP contribution in [-0.2, 0) is 9.53 Å². The molecule has 0 bridgehead atoms. The highest BCUT2D eigenvalue weighted by molar-refractivity contribution is 5.94. The van der Waals surface area contributed by atoms with Crippen molar-refractivity contribution in [2.24, 2.45) is 0 Å². The Kier molecular flexibility index (Phi) is 4.19. The van der Waals surface area contributed by atoms with Crippen molar-refractivity contribution < 1.29 is 18.3 Å². The van der Waals surface area contributed by atoms with Gasteiger partial charge in [-0.05, 0) is 13.0 Å². The van der Waals surface area contributed by atoms with E-state index >= 15 is 0 Å². The monoisotopic (exact) mass is 230 g/mol. The van der Waals surface area contributed by atoms with E-state index < -0.39 is 17.5 Å². The average molecular weight is 230 g/mol. The van der Waals surface area contributed by atoms with Gasteiger partial charge in [-0.2, -0.15) is 0 Å². The Morgan fingerprint density at radius 3 is 2.75 bits per heavy atom. The maximum atomic E-state index is 13.2. The van der Waals surface area contributed by atoms with Gasteiger partial charge in [-0.3, -0.25) is 4.79 Å². The van der Waals surface area contributed by atoms with Crippen LogP contribution in [0.2, 0.25) is 0 Å². The topological polar surface area (TPSA) is 64.3 Å². The van der Waals surface area contributed by atoms with Crippen LogP contribution in [0, 0.1) is 11.6 Å². The summed E-state index contributed by atoms with van der Waals surface area (Å²) in [6.45, 7) is 1.89. The highest BCUT2D eigenvalue weighted by Crippen LogP contribution is 2.23. The summed E-state index contributed by atoms with van der Waals surface area (Å²) in [4.78, 5) is 11.2. The van der Waals surface area contributed by atoms with Crippen LogP contribution >= 0.6 is 0 Å². The molecule has 0 saturated carbocycles. The van der Waals surface area contributed by atoms with E-state index in [0.29, 0.717) is 12.7 Å². The molecule has 3 N–H and O–H groups in total. The van der Waals surface area contributed by atoms with Crippen LogP contribution in [0.3, 0.4) is 0 Å². The number of nitrogens with one attached hydrogen (secondary N) is 1. The molecule has 1 aromatic rings. The van der Waals surface area contributed by atoms with Crippen molar-refractivity contribution in [3.63, 3.8) is 0 Å². The fourth-order valence-corrected chi connectivity index (χ4v) is 1.10. The van der Waals surface area contributed by atoms with Crippen molar-refractivity contribution in [2.45, 2.75) is 6.92 Å². The molecule has 4 nitrogen and oxygen atoms in total. The summed E-state index contributed by atoms with van der Waals surface area (Å²) >= 11 is 0. The molecule has 0 radical (unpaired) electrons. The van der Waals surface area contributed by atoms with Crippen molar-refractivity contribution in [1.29, 1.82) is 0 Å². The summed E-state index contributed by atoms with van der Waals surface area (Å²) in [7, 11) is 0. The number of benzene rings is 1. The lowest BCUT2D eigenvalue weighted by Gasteiger charge is -2.09. The summed E-state index contributed by atoms with van der Waals surface area (Å²) in [5, 5.41) is 2.21. The summed E-state index contributed by atoms with van der Waals surface area (Å²) in [6, 6.07) is 1.58. The van der Waals surface area contributed by atoms with Gasteiger partial charge in [0, 0.05) is 12.7 Å². The van der Waals surface area contributed by atoms with Crippen molar-refractivity contribution in [2.75, 3.05) is 24.3 Å². The molecule has 0 saturated heterocycles. The van der Waals surface area contributed by atoms with E-state index in [1.807, 2.05) is 0 Å². The number of hydrogen-bond donors (Lipinski definition) is 2. The molecular weight excluding hydrogens is 218 g/mol. The Hall–Kier alpha value is -1.69. The van der Waals surface area contributed by atoms with E-state index in [9.17, 15) is 13.6 Å². The van der Waals surface area contributed by atoms with Crippen LogP contribution in [0.15, 0.2) is 12.1 Å². The zero-order valence-electron chi connectivity index (χ0n) is 8.72. The van der Waals surface area contributed by atoms with Gasteiger partial charge in [0.25, 0.3) is 5.91 Å². The first kappa shape index (κ1) is 12.4. The number of halogens is 2. The van der Waals surface area contributed by atoms with Crippen LogP contribution in [0.1, 0.15) is 6.92 Å². The van der Waals surface area contributed by atoms with E-state index in [1.54, 1.807) is 6.92 Å². The summed E-state index contributed by atoms with van der Waals surface area (Å²) in [5.41, 5.74) is 4.97. The first-order valence-corrected chi connectivity index (χ1v) is 4.66. The summed E-state index contributed by atoms with van der Waals surface area (Å²) < 4.78 is 30.7. The van der Waals surface area contributed by atoms with Crippen molar-refractivity contribution in [1.82, 2.24) is 0 Å². The zero-order chi connectivity index (χ0) is 12.1. The molecule has 0 aromatic heterocycles. The minimum Gasteiger partial charge on any atom is -0.397 e. The predicted molar refractivity (Wildman–Crippen MR) is 55.9 cm³/mol. The molecule has 0 aliphatic heterocycles. The second kappa shape index (κ2) is 5.41. The number of anilines is 2. The average Bonchev–Trinajstić information content (AvgIpc) is 2.20. The van der Waals surface area contributed by atoms with Crippen molar-refractivity contribution in [3.05, 3.63) is 23.8 Å². The van der Waals surface area contributed by atoms with E-state index in [4.69, 9.17) is 10.5 Å². The number of carbonyl (C=O) groups excluding carboxylic acids is 1. The third-order valence-corrected chi connectivity index (χ3v) is 1.79. The Morgan fingerprint density at radius 2 is 2.19 bits per heavy atom. The first-order chi connectivity index (χ1) is 7.54. The second-order valence-electron chi connectivity index (χ2n) is 3.04. The predicted octanol–water partition coefficient (Wildman–Crippen LogP) is 1.52. The molecule has 0 spiro atoms. The van der Waals surface area contributed by atoms with Gasteiger partial charge < -0.3 is 15.8 Å². The number of carbonyl (C=O) groups is 1. The normalized spacial score (nSPS) is 10.2. The van der Waals surface area contributed by atoms with E-state index in [2.05, 4.69) is 5.32 Å². The van der Waals surface area contributed by atoms with Crippen LogP contribution in [0.5, 0.6) is 0 Å². The Morgan fingerprint density at radius 1 is 1.50 bits per heavy atom. The molecule has 6 heteroatoms. The van der Waals surface area contributed by atoms with Crippen LogP contribution in [0.4, 0.5) is 20.2 Å². The van der Waals surface area contributed by atoms with Gasteiger partial charge in [0.2, 0.25) is 0 Å². The lowest BCUT2D eigenvalue weighted by atomic mass is 10.2. The third kappa shape index (κ3) is 3.16. The molecule has 0 aliphatic carbocycles. The maximum Gasteiger partial charge on any atom is 0.250 e. The first-order valence-electron chi connectivity index (χ1n) is 4.66. The van der Waals surface area contributed by atoms with Crippen molar-refractivity contribution in [3.8, 4) is 0 Å². The Labute approximate surface area is 91.4 Å². The van der Waals surface area contributed by atoms with E-state index in [0.717, 1.165) is 6.07 Å². The highest BCUT2D eigenvalue weighted by atomic mass is 19.1. The van der Waals surface area contributed by atoms with Gasteiger partial charge >= 0.3 is 0 Å². The van der Waals surface area contributed by atoms with Gasteiger partial charge in [-0.15, -0.1) is 0 Å². The number of nitrogen functional groups attached to an aromatic ring is 1. The quantitative estimate of drug-likeness (QED) is 0.771. The van der Waals surface area contributed by atoms with Gasteiger partial charge in [0.05, 0.1) is 5.69 Å². The SMILES string of the molecule is CCOCC(=O)Nc1c(N)cc(F)cc1F. The molecule has 88 valence electrons. The molecule has 0 atom stereocenters. The fourth-order valence-electron chi connectivity index (χ4n) is 1.10. The molecule has 1 aromatic carbocycles. The molecule has 0 aliphatic rings. The van der Waals surface area contributed by atoms with Crippen molar-refractivity contribution >= 4 is 17.3 Å². The Balaban J connectivity index is 2.77. The van der Waals surface area contributed by atoms with Gasteiger partial charge in [0.1, 0.15) is 18.1 Å². The number of nitrogens with two attached hydrogens (primary N) is 1. The zero-order valence-corrected chi connectivity index (χ0v) is 8.72. The number of ether oxygens (including phenoxy) is 1. The molecular formula is C10H12F2N2O2. The second-order valence-corrected chi connectivity index (χ2v) is 3.04. The Bertz CT molecular complexity index is 373.